The molecule has 0 aliphatic carbocycles. The molecule has 11 heteroatoms. The van der Waals surface area contributed by atoms with Crippen molar-refractivity contribution < 1.29 is 18.7 Å². The molecule has 0 aliphatic heterocycles. The van der Waals surface area contributed by atoms with E-state index in [0.29, 0.717) is 41.2 Å². The van der Waals surface area contributed by atoms with Crippen molar-refractivity contribution >= 4 is 46.4 Å². The van der Waals surface area contributed by atoms with Gasteiger partial charge in [-0.2, -0.15) is 4.98 Å². The molecule has 3 rings (SSSR count). The summed E-state index contributed by atoms with van der Waals surface area (Å²) in [6.45, 7) is 1.20. The number of anilines is 3. The Kier molecular flexibility index (Phi) is 7.50. The number of methoxy groups -OCH3 is 2. The molecule has 0 bridgehead atoms. The summed E-state index contributed by atoms with van der Waals surface area (Å²) in [5.41, 5.74) is 1.39. The molecule has 0 spiro atoms. The Morgan fingerprint density at radius 1 is 1.30 bits per heavy atom. The molecule has 0 unspecified atom stereocenters. The number of rotatable bonds is 9. The predicted octanol–water partition coefficient (Wildman–Crippen LogP) is 4.37. The van der Waals surface area contributed by atoms with E-state index in [2.05, 4.69) is 25.6 Å². The van der Waals surface area contributed by atoms with Gasteiger partial charge in [-0.3, -0.25) is 0 Å². The second kappa shape index (κ2) is 10.3. The Hall–Kier alpha value is -2.82. The molecule has 0 saturated heterocycles. The highest BCUT2D eigenvalue weighted by atomic mass is 35.5. The molecule has 0 amide bonds. The zero-order chi connectivity index (χ0) is 21.5. The van der Waals surface area contributed by atoms with Gasteiger partial charge in [-0.25, -0.2) is 19.2 Å². The Morgan fingerprint density at radius 3 is 2.87 bits per heavy atom. The summed E-state index contributed by atoms with van der Waals surface area (Å²) in [5, 5.41) is 8.41. The summed E-state index contributed by atoms with van der Waals surface area (Å²) in [6.07, 6.45) is 2.36. The molecular weight excluding hydrogens is 433 g/mol. The van der Waals surface area contributed by atoms with Crippen LogP contribution < -0.4 is 10.6 Å². The van der Waals surface area contributed by atoms with Gasteiger partial charge in [-0.15, -0.1) is 11.3 Å². The first kappa shape index (κ1) is 21.9. The fourth-order valence-corrected chi connectivity index (χ4v) is 3.44. The SMILES string of the molecule is COCCCNc1nc(Nc2ccc(F)c(Cl)c2)ncc1-c1nc(C(=O)OC)cs1. The molecule has 2 heterocycles. The van der Waals surface area contributed by atoms with Gasteiger partial charge < -0.3 is 20.1 Å². The lowest BCUT2D eigenvalue weighted by Gasteiger charge is -2.12. The number of nitrogens with one attached hydrogen (secondary N) is 2. The van der Waals surface area contributed by atoms with Crippen LogP contribution in [0.25, 0.3) is 10.6 Å². The van der Waals surface area contributed by atoms with Crippen molar-refractivity contribution in [2.75, 3.05) is 38.0 Å². The summed E-state index contributed by atoms with van der Waals surface area (Å²) >= 11 is 7.11. The van der Waals surface area contributed by atoms with Crippen LogP contribution in [0.5, 0.6) is 0 Å². The zero-order valence-electron chi connectivity index (χ0n) is 16.2. The molecule has 158 valence electrons. The summed E-state index contributed by atoms with van der Waals surface area (Å²) in [4.78, 5) is 24.8. The standard InChI is InChI=1S/C19H19ClFN5O3S/c1-28-7-3-6-22-16-12(17-25-15(10-30-17)18(27)29-2)9-23-19(26-16)24-11-4-5-14(21)13(20)8-11/h4-5,8-10H,3,6-7H2,1-2H3,(H2,22,23,24,26). The number of carbonyl (C=O) groups excluding carboxylic acids is 1. The van der Waals surface area contributed by atoms with E-state index in [1.54, 1.807) is 18.7 Å². The van der Waals surface area contributed by atoms with Crippen molar-refractivity contribution in [3.8, 4) is 10.6 Å². The van der Waals surface area contributed by atoms with Crippen LogP contribution >= 0.6 is 22.9 Å². The van der Waals surface area contributed by atoms with E-state index in [9.17, 15) is 9.18 Å². The molecule has 0 fully saturated rings. The molecule has 30 heavy (non-hydrogen) atoms. The Morgan fingerprint density at radius 2 is 2.13 bits per heavy atom. The molecule has 0 radical (unpaired) electrons. The van der Waals surface area contributed by atoms with Crippen LogP contribution in [0.2, 0.25) is 5.02 Å². The molecule has 0 atom stereocenters. The third-order valence-electron chi connectivity index (χ3n) is 3.91. The quantitative estimate of drug-likeness (QED) is 0.365. The van der Waals surface area contributed by atoms with Gasteiger partial charge in [0.05, 0.1) is 17.7 Å². The first-order chi connectivity index (χ1) is 14.5. The van der Waals surface area contributed by atoms with Crippen LogP contribution in [-0.4, -0.2) is 48.3 Å². The third kappa shape index (κ3) is 5.41. The van der Waals surface area contributed by atoms with Crippen LogP contribution in [0.1, 0.15) is 16.9 Å². The first-order valence-corrected chi connectivity index (χ1v) is 10.1. The van der Waals surface area contributed by atoms with Crippen LogP contribution in [0, 0.1) is 5.82 Å². The zero-order valence-corrected chi connectivity index (χ0v) is 17.8. The number of halogens is 2. The molecule has 2 aromatic heterocycles. The van der Waals surface area contributed by atoms with Gasteiger partial charge in [0.15, 0.2) is 5.69 Å². The highest BCUT2D eigenvalue weighted by molar-refractivity contribution is 7.13. The minimum atomic E-state index is -0.514. The van der Waals surface area contributed by atoms with E-state index < -0.39 is 11.8 Å². The lowest BCUT2D eigenvalue weighted by atomic mass is 10.3. The summed E-state index contributed by atoms with van der Waals surface area (Å²) in [5.74, 6) is -0.202. The number of thiazole rings is 1. The van der Waals surface area contributed by atoms with E-state index in [4.69, 9.17) is 21.1 Å². The molecule has 2 N–H and O–H groups in total. The van der Waals surface area contributed by atoms with Gasteiger partial charge in [0.1, 0.15) is 16.6 Å². The maximum Gasteiger partial charge on any atom is 0.357 e. The topological polar surface area (TPSA) is 98.3 Å². The van der Waals surface area contributed by atoms with Gasteiger partial charge in [0.2, 0.25) is 5.95 Å². The monoisotopic (exact) mass is 451 g/mol. The number of hydrogen-bond donors (Lipinski definition) is 2. The highest BCUT2D eigenvalue weighted by Gasteiger charge is 2.16. The second-order valence-corrected chi connectivity index (χ2v) is 7.28. The molecule has 1 aromatic carbocycles. The highest BCUT2D eigenvalue weighted by Crippen LogP contribution is 2.30. The normalized spacial score (nSPS) is 10.7. The summed E-state index contributed by atoms with van der Waals surface area (Å²) < 4.78 is 23.2. The van der Waals surface area contributed by atoms with Gasteiger partial charge in [0, 0.05) is 37.5 Å². The number of esters is 1. The third-order valence-corrected chi connectivity index (χ3v) is 5.08. The maximum absolute atomic E-state index is 13.4. The molecule has 3 aromatic rings. The number of ether oxygens (including phenoxy) is 2. The fourth-order valence-electron chi connectivity index (χ4n) is 2.46. The molecule has 0 aliphatic rings. The minimum Gasteiger partial charge on any atom is -0.464 e. The number of hydrogen-bond acceptors (Lipinski definition) is 9. The number of carbonyl (C=O) groups is 1. The Balaban J connectivity index is 1.88. The van der Waals surface area contributed by atoms with Gasteiger partial charge in [-0.05, 0) is 24.6 Å². The average Bonchev–Trinajstić information content (AvgIpc) is 3.23. The summed E-state index contributed by atoms with van der Waals surface area (Å²) in [7, 11) is 2.94. The van der Waals surface area contributed by atoms with E-state index in [1.807, 2.05) is 0 Å². The Labute approximate surface area is 181 Å². The number of aromatic nitrogens is 3. The largest absolute Gasteiger partial charge is 0.464 e. The van der Waals surface area contributed by atoms with Crippen molar-refractivity contribution in [1.29, 1.82) is 0 Å². The number of nitrogens with zero attached hydrogens (tertiary/aromatic N) is 3. The van der Waals surface area contributed by atoms with Crippen LogP contribution in [0.15, 0.2) is 29.8 Å². The minimum absolute atomic E-state index is 0.00680. The van der Waals surface area contributed by atoms with Gasteiger partial charge in [-0.1, -0.05) is 11.6 Å². The first-order valence-electron chi connectivity index (χ1n) is 8.88. The van der Waals surface area contributed by atoms with Crippen molar-refractivity contribution in [2.45, 2.75) is 6.42 Å². The smallest absolute Gasteiger partial charge is 0.357 e. The predicted molar refractivity (Wildman–Crippen MR) is 114 cm³/mol. The lowest BCUT2D eigenvalue weighted by molar-refractivity contribution is 0.0595. The van der Waals surface area contributed by atoms with E-state index in [1.165, 1.54) is 36.6 Å². The average molecular weight is 452 g/mol. The van der Waals surface area contributed by atoms with Gasteiger partial charge in [0.25, 0.3) is 0 Å². The van der Waals surface area contributed by atoms with E-state index >= 15 is 0 Å². The van der Waals surface area contributed by atoms with Crippen molar-refractivity contribution in [1.82, 2.24) is 15.0 Å². The van der Waals surface area contributed by atoms with Crippen LogP contribution in [-0.2, 0) is 9.47 Å². The van der Waals surface area contributed by atoms with E-state index in [-0.39, 0.29) is 10.7 Å². The number of benzene rings is 1. The summed E-state index contributed by atoms with van der Waals surface area (Å²) in [6, 6.07) is 4.24. The Bertz CT molecular complexity index is 1030. The van der Waals surface area contributed by atoms with Crippen molar-refractivity contribution in [3.63, 3.8) is 0 Å². The molecule has 0 saturated carbocycles. The van der Waals surface area contributed by atoms with Crippen molar-refractivity contribution in [2.24, 2.45) is 0 Å². The van der Waals surface area contributed by atoms with Gasteiger partial charge >= 0.3 is 5.97 Å². The van der Waals surface area contributed by atoms with Crippen LogP contribution in [0.4, 0.5) is 21.8 Å². The molecular formula is C19H19ClFN5O3S. The van der Waals surface area contributed by atoms with Crippen LogP contribution in [0.3, 0.4) is 0 Å². The fraction of sp³-hybridized carbons (Fsp3) is 0.263. The van der Waals surface area contributed by atoms with Crippen molar-refractivity contribution in [3.05, 3.63) is 46.3 Å². The maximum atomic E-state index is 13.4. The molecule has 8 nitrogen and oxygen atoms in total. The van der Waals surface area contributed by atoms with E-state index in [0.717, 1.165) is 6.42 Å². The lowest BCUT2D eigenvalue weighted by Crippen LogP contribution is -2.09. The second-order valence-electron chi connectivity index (χ2n) is 6.01.